The lowest BCUT2D eigenvalue weighted by molar-refractivity contribution is 0.239. The molecule has 0 saturated heterocycles. The highest BCUT2D eigenvalue weighted by Crippen LogP contribution is 2.47. The Bertz CT molecular complexity index is 398. The minimum atomic E-state index is 0.0547. The Morgan fingerprint density at radius 2 is 1.94 bits per heavy atom. The number of para-hydroxylation sites is 1. The summed E-state index contributed by atoms with van der Waals surface area (Å²) in [5, 5.41) is 3.74. The molecule has 0 bridgehead atoms. The number of hydrogen-bond acceptors (Lipinski definition) is 2. The summed E-state index contributed by atoms with van der Waals surface area (Å²) in [6.07, 6.45) is 3.69. The number of rotatable bonds is 3. The molecular formula is C15H24N2. The van der Waals surface area contributed by atoms with Gasteiger partial charge in [-0.3, -0.25) is 0 Å². The van der Waals surface area contributed by atoms with Gasteiger partial charge in [0.25, 0.3) is 0 Å². The zero-order valence-electron chi connectivity index (χ0n) is 11.2. The van der Waals surface area contributed by atoms with Crippen LogP contribution >= 0.6 is 0 Å². The van der Waals surface area contributed by atoms with Crippen molar-refractivity contribution in [2.45, 2.75) is 45.6 Å². The molecule has 1 aromatic rings. The summed E-state index contributed by atoms with van der Waals surface area (Å²) >= 11 is 0. The van der Waals surface area contributed by atoms with E-state index in [0.29, 0.717) is 6.54 Å². The lowest BCUT2D eigenvalue weighted by Crippen LogP contribution is -2.53. The van der Waals surface area contributed by atoms with Gasteiger partial charge in [-0.1, -0.05) is 38.5 Å². The lowest BCUT2D eigenvalue weighted by atomic mass is 9.74. The maximum absolute atomic E-state index is 6.08. The first-order valence-corrected chi connectivity index (χ1v) is 6.55. The van der Waals surface area contributed by atoms with Crippen LogP contribution in [0.2, 0.25) is 0 Å². The third kappa shape index (κ3) is 2.06. The Kier molecular flexibility index (Phi) is 3.17. The van der Waals surface area contributed by atoms with Crippen LogP contribution < -0.4 is 11.1 Å². The van der Waals surface area contributed by atoms with Gasteiger partial charge in [-0.2, -0.15) is 0 Å². The summed E-state index contributed by atoms with van der Waals surface area (Å²) in [6, 6.07) is 8.46. The molecule has 1 unspecified atom stereocenters. The predicted octanol–water partition coefficient (Wildman–Crippen LogP) is 3.31. The van der Waals surface area contributed by atoms with Crippen molar-refractivity contribution in [1.29, 1.82) is 0 Å². The molecule has 1 atom stereocenters. The van der Waals surface area contributed by atoms with Crippen LogP contribution in [0.5, 0.6) is 0 Å². The lowest BCUT2D eigenvalue weighted by Gasteiger charge is -2.42. The quantitative estimate of drug-likeness (QED) is 0.839. The molecule has 0 amide bonds. The molecule has 0 aliphatic heterocycles. The van der Waals surface area contributed by atoms with Gasteiger partial charge in [0, 0.05) is 12.2 Å². The monoisotopic (exact) mass is 232 g/mol. The minimum absolute atomic E-state index is 0.0547. The molecule has 1 fully saturated rings. The van der Waals surface area contributed by atoms with Crippen molar-refractivity contribution in [3.63, 3.8) is 0 Å². The first kappa shape index (κ1) is 12.4. The first-order valence-electron chi connectivity index (χ1n) is 6.55. The van der Waals surface area contributed by atoms with Crippen molar-refractivity contribution in [3.8, 4) is 0 Å². The van der Waals surface area contributed by atoms with Crippen molar-refractivity contribution in [2.24, 2.45) is 11.1 Å². The largest absolute Gasteiger partial charge is 0.378 e. The molecule has 2 rings (SSSR count). The molecule has 0 aromatic heterocycles. The van der Waals surface area contributed by atoms with Crippen LogP contribution in [0.1, 0.15) is 38.7 Å². The normalized spacial score (nSPS) is 27.1. The highest BCUT2D eigenvalue weighted by atomic mass is 15.0. The van der Waals surface area contributed by atoms with Gasteiger partial charge >= 0.3 is 0 Å². The Morgan fingerprint density at radius 1 is 1.24 bits per heavy atom. The standard InChI is InChI=1S/C15H24N2/c1-12-7-4-5-8-13(12)17-15(11-16)10-6-9-14(15,2)3/h4-5,7-8,17H,6,9-11,16H2,1-3H3. The average Bonchev–Trinajstić information content (AvgIpc) is 2.58. The van der Waals surface area contributed by atoms with Crippen LogP contribution in [-0.4, -0.2) is 12.1 Å². The van der Waals surface area contributed by atoms with E-state index in [1.807, 2.05) is 0 Å². The molecule has 2 heteroatoms. The molecule has 0 heterocycles. The van der Waals surface area contributed by atoms with Crippen LogP contribution in [0.25, 0.3) is 0 Å². The van der Waals surface area contributed by atoms with Crippen molar-refractivity contribution in [2.75, 3.05) is 11.9 Å². The smallest absolute Gasteiger partial charge is 0.0546 e. The molecule has 0 radical (unpaired) electrons. The van der Waals surface area contributed by atoms with E-state index < -0.39 is 0 Å². The number of hydrogen-bond donors (Lipinski definition) is 2. The van der Waals surface area contributed by atoms with Gasteiger partial charge in [0.05, 0.1) is 5.54 Å². The number of nitrogens with one attached hydrogen (secondary N) is 1. The topological polar surface area (TPSA) is 38.0 Å². The fraction of sp³-hybridized carbons (Fsp3) is 0.600. The second-order valence-corrected chi connectivity index (χ2v) is 5.96. The highest BCUT2D eigenvalue weighted by Gasteiger charge is 2.47. The molecule has 1 aliphatic carbocycles. The molecule has 0 spiro atoms. The van der Waals surface area contributed by atoms with Gasteiger partial charge in [0.1, 0.15) is 0 Å². The highest BCUT2D eigenvalue weighted by molar-refractivity contribution is 5.53. The molecule has 2 nitrogen and oxygen atoms in total. The summed E-state index contributed by atoms with van der Waals surface area (Å²) in [4.78, 5) is 0. The SMILES string of the molecule is Cc1ccccc1NC1(CN)CCCC1(C)C. The van der Waals surface area contributed by atoms with E-state index in [4.69, 9.17) is 5.73 Å². The number of benzene rings is 1. The van der Waals surface area contributed by atoms with Gasteiger partial charge in [-0.15, -0.1) is 0 Å². The van der Waals surface area contributed by atoms with E-state index in [-0.39, 0.29) is 11.0 Å². The molecule has 1 saturated carbocycles. The average molecular weight is 232 g/mol. The fourth-order valence-electron chi connectivity index (χ4n) is 3.04. The number of anilines is 1. The van der Waals surface area contributed by atoms with Crippen molar-refractivity contribution < 1.29 is 0 Å². The molecule has 3 N–H and O–H groups in total. The molecule has 94 valence electrons. The van der Waals surface area contributed by atoms with Gasteiger partial charge < -0.3 is 11.1 Å². The van der Waals surface area contributed by atoms with Crippen molar-refractivity contribution in [1.82, 2.24) is 0 Å². The third-order valence-electron chi connectivity index (χ3n) is 4.57. The Labute approximate surface area is 105 Å². The van der Waals surface area contributed by atoms with Crippen LogP contribution in [0.4, 0.5) is 5.69 Å². The van der Waals surface area contributed by atoms with E-state index >= 15 is 0 Å². The second-order valence-electron chi connectivity index (χ2n) is 5.96. The van der Waals surface area contributed by atoms with E-state index in [9.17, 15) is 0 Å². The predicted molar refractivity (Wildman–Crippen MR) is 74.2 cm³/mol. The second kappa shape index (κ2) is 4.34. The fourth-order valence-corrected chi connectivity index (χ4v) is 3.04. The molecule has 17 heavy (non-hydrogen) atoms. The van der Waals surface area contributed by atoms with Gasteiger partial charge in [0.15, 0.2) is 0 Å². The zero-order chi connectivity index (χ0) is 12.5. The Balaban J connectivity index is 2.30. The third-order valence-corrected chi connectivity index (χ3v) is 4.57. The van der Waals surface area contributed by atoms with Crippen molar-refractivity contribution in [3.05, 3.63) is 29.8 Å². The molecular weight excluding hydrogens is 208 g/mol. The van der Waals surface area contributed by atoms with E-state index in [2.05, 4.69) is 50.4 Å². The summed E-state index contributed by atoms with van der Waals surface area (Å²) in [6.45, 7) is 7.51. The maximum atomic E-state index is 6.08. The van der Waals surface area contributed by atoms with Crippen LogP contribution in [-0.2, 0) is 0 Å². The van der Waals surface area contributed by atoms with E-state index in [1.54, 1.807) is 0 Å². The molecule has 1 aromatic carbocycles. The number of aryl methyl sites for hydroxylation is 1. The van der Waals surface area contributed by atoms with Crippen molar-refractivity contribution >= 4 is 5.69 Å². The minimum Gasteiger partial charge on any atom is -0.378 e. The van der Waals surface area contributed by atoms with E-state index in [0.717, 1.165) is 0 Å². The van der Waals surface area contributed by atoms with Crippen LogP contribution in [0, 0.1) is 12.3 Å². The Hall–Kier alpha value is -1.02. The van der Waals surface area contributed by atoms with Gasteiger partial charge in [-0.05, 0) is 36.8 Å². The van der Waals surface area contributed by atoms with Crippen LogP contribution in [0.15, 0.2) is 24.3 Å². The first-order chi connectivity index (χ1) is 8.01. The maximum Gasteiger partial charge on any atom is 0.0546 e. The van der Waals surface area contributed by atoms with E-state index in [1.165, 1.54) is 30.5 Å². The van der Waals surface area contributed by atoms with Gasteiger partial charge in [0.2, 0.25) is 0 Å². The van der Waals surface area contributed by atoms with Gasteiger partial charge in [-0.25, -0.2) is 0 Å². The Morgan fingerprint density at radius 3 is 2.47 bits per heavy atom. The summed E-state index contributed by atoms with van der Waals surface area (Å²) < 4.78 is 0. The number of nitrogens with two attached hydrogens (primary N) is 1. The molecule has 1 aliphatic rings. The van der Waals surface area contributed by atoms with Crippen LogP contribution in [0.3, 0.4) is 0 Å². The zero-order valence-corrected chi connectivity index (χ0v) is 11.2. The summed E-state index contributed by atoms with van der Waals surface area (Å²) in [5.41, 5.74) is 8.93. The summed E-state index contributed by atoms with van der Waals surface area (Å²) in [7, 11) is 0. The summed E-state index contributed by atoms with van der Waals surface area (Å²) in [5.74, 6) is 0.